The molecular formula is C14H18FNO4. The number of amides is 1. The topological polar surface area (TPSA) is 75.6 Å². The third-order valence-electron chi connectivity index (χ3n) is 2.51. The molecule has 1 aromatic rings. The van der Waals surface area contributed by atoms with Crippen molar-refractivity contribution in [3.05, 3.63) is 29.6 Å². The van der Waals surface area contributed by atoms with Gasteiger partial charge < -0.3 is 20.0 Å². The zero-order valence-corrected chi connectivity index (χ0v) is 11.9. The number of aldehydes is 1. The summed E-state index contributed by atoms with van der Waals surface area (Å²) in [5.74, 6) is -0.922. The highest BCUT2D eigenvalue weighted by molar-refractivity contribution is 5.78. The van der Waals surface area contributed by atoms with Crippen LogP contribution in [0.2, 0.25) is 0 Å². The van der Waals surface area contributed by atoms with E-state index in [9.17, 15) is 19.1 Å². The largest absolute Gasteiger partial charge is 0.508 e. The van der Waals surface area contributed by atoms with Gasteiger partial charge in [0.05, 0.1) is 0 Å². The SMILES string of the molecule is CC(C)(C)OC(=O)NC(C)(C=O)c1cc(F)ccc1O. The van der Waals surface area contributed by atoms with Crippen LogP contribution in [0.4, 0.5) is 9.18 Å². The van der Waals surface area contributed by atoms with Crippen LogP contribution < -0.4 is 5.32 Å². The molecule has 1 atom stereocenters. The summed E-state index contributed by atoms with van der Waals surface area (Å²) in [6.45, 7) is 6.36. The number of carbonyl (C=O) groups is 2. The van der Waals surface area contributed by atoms with E-state index in [0.29, 0.717) is 6.29 Å². The number of nitrogens with one attached hydrogen (secondary N) is 1. The standard InChI is InChI=1S/C14H18FNO4/c1-13(2,3)20-12(19)16-14(4,8-17)10-7-9(15)5-6-11(10)18/h5-8,18H,1-4H3,(H,16,19). The van der Waals surface area contributed by atoms with E-state index in [2.05, 4.69) is 5.32 Å². The Morgan fingerprint density at radius 2 is 1.95 bits per heavy atom. The molecular weight excluding hydrogens is 265 g/mol. The second-order valence-corrected chi connectivity index (χ2v) is 5.61. The second-order valence-electron chi connectivity index (χ2n) is 5.61. The van der Waals surface area contributed by atoms with Crippen molar-refractivity contribution in [3.8, 4) is 5.75 Å². The van der Waals surface area contributed by atoms with Crippen molar-refractivity contribution in [1.29, 1.82) is 0 Å². The van der Waals surface area contributed by atoms with E-state index < -0.39 is 23.1 Å². The van der Waals surface area contributed by atoms with Crippen molar-refractivity contribution in [2.24, 2.45) is 0 Å². The van der Waals surface area contributed by atoms with Gasteiger partial charge >= 0.3 is 6.09 Å². The average molecular weight is 283 g/mol. The molecule has 0 saturated heterocycles. The maximum atomic E-state index is 13.3. The van der Waals surface area contributed by atoms with Crippen LogP contribution in [-0.2, 0) is 15.1 Å². The lowest BCUT2D eigenvalue weighted by atomic mass is 9.93. The number of benzene rings is 1. The fraction of sp³-hybridized carbons (Fsp3) is 0.429. The molecule has 1 aromatic carbocycles. The Morgan fingerprint density at radius 1 is 1.35 bits per heavy atom. The van der Waals surface area contributed by atoms with Crippen molar-refractivity contribution < 1.29 is 23.8 Å². The highest BCUT2D eigenvalue weighted by atomic mass is 19.1. The van der Waals surface area contributed by atoms with Crippen LogP contribution in [0.25, 0.3) is 0 Å². The second kappa shape index (κ2) is 5.48. The van der Waals surface area contributed by atoms with Crippen LogP contribution in [0, 0.1) is 5.82 Å². The van der Waals surface area contributed by atoms with E-state index in [1.165, 1.54) is 6.92 Å². The van der Waals surface area contributed by atoms with Crippen molar-refractivity contribution >= 4 is 12.4 Å². The Bertz CT molecular complexity index is 524. The Hall–Kier alpha value is -2.11. The smallest absolute Gasteiger partial charge is 0.408 e. The van der Waals surface area contributed by atoms with Crippen LogP contribution in [0.1, 0.15) is 33.3 Å². The zero-order chi connectivity index (χ0) is 15.6. The van der Waals surface area contributed by atoms with E-state index in [1.54, 1.807) is 20.8 Å². The van der Waals surface area contributed by atoms with Crippen molar-refractivity contribution in [2.75, 3.05) is 0 Å². The summed E-state index contributed by atoms with van der Waals surface area (Å²) in [6.07, 6.45) is -0.429. The van der Waals surface area contributed by atoms with Crippen LogP contribution in [0.3, 0.4) is 0 Å². The van der Waals surface area contributed by atoms with Crippen LogP contribution in [0.5, 0.6) is 5.75 Å². The lowest BCUT2D eigenvalue weighted by Gasteiger charge is -2.28. The van der Waals surface area contributed by atoms with Gasteiger partial charge in [0.1, 0.15) is 29.0 Å². The summed E-state index contributed by atoms with van der Waals surface area (Å²) in [5, 5.41) is 12.1. The molecule has 1 rings (SSSR count). The summed E-state index contributed by atoms with van der Waals surface area (Å²) >= 11 is 0. The zero-order valence-electron chi connectivity index (χ0n) is 11.9. The summed E-state index contributed by atoms with van der Waals surface area (Å²) in [7, 11) is 0. The molecule has 5 nitrogen and oxygen atoms in total. The Labute approximate surface area is 116 Å². The molecule has 0 bridgehead atoms. The Morgan fingerprint density at radius 3 is 2.45 bits per heavy atom. The number of hydrogen-bond acceptors (Lipinski definition) is 4. The van der Waals surface area contributed by atoms with E-state index in [0.717, 1.165) is 18.2 Å². The van der Waals surface area contributed by atoms with Crippen molar-refractivity contribution in [1.82, 2.24) is 5.32 Å². The molecule has 1 unspecified atom stereocenters. The lowest BCUT2D eigenvalue weighted by Crippen LogP contribution is -2.47. The molecule has 0 heterocycles. The highest BCUT2D eigenvalue weighted by Crippen LogP contribution is 2.28. The van der Waals surface area contributed by atoms with Gasteiger partial charge in [-0.25, -0.2) is 9.18 Å². The normalized spacial score (nSPS) is 14.2. The van der Waals surface area contributed by atoms with Gasteiger partial charge in [0, 0.05) is 5.56 Å². The van der Waals surface area contributed by atoms with Gasteiger partial charge in [-0.15, -0.1) is 0 Å². The molecule has 0 fully saturated rings. The molecule has 0 aliphatic carbocycles. The van der Waals surface area contributed by atoms with E-state index in [4.69, 9.17) is 4.74 Å². The minimum absolute atomic E-state index is 0.0432. The molecule has 0 aliphatic heterocycles. The first-order chi connectivity index (χ1) is 9.07. The third-order valence-corrected chi connectivity index (χ3v) is 2.51. The first-order valence-electron chi connectivity index (χ1n) is 6.04. The number of hydrogen-bond donors (Lipinski definition) is 2. The fourth-order valence-corrected chi connectivity index (χ4v) is 1.60. The van der Waals surface area contributed by atoms with E-state index in [1.807, 2.05) is 0 Å². The van der Waals surface area contributed by atoms with E-state index in [-0.39, 0.29) is 11.3 Å². The van der Waals surface area contributed by atoms with Crippen molar-refractivity contribution in [2.45, 2.75) is 38.8 Å². The first-order valence-corrected chi connectivity index (χ1v) is 6.04. The van der Waals surface area contributed by atoms with Gasteiger partial charge in [0.25, 0.3) is 0 Å². The van der Waals surface area contributed by atoms with E-state index >= 15 is 0 Å². The molecule has 0 spiro atoms. The quantitative estimate of drug-likeness (QED) is 0.836. The van der Waals surface area contributed by atoms with Crippen LogP contribution in [0.15, 0.2) is 18.2 Å². The number of rotatable bonds is 3. The maximum absolute atomic E-state index is 13.3. The summed E-state index contributed by atoms with van der Waals surface area (Å²) < 4.78 is 18.3. The molecule has 20 heavy (non-hydrogen) atoms. The predicted octanol–water partition coefficient (Wildman–Crippen LogP) is 2.47. The van der Waals surface area contributed by atoms with Gasteiger partial charge in [-0.2, -0.15) is 0 Å². The molecule has 0 aromatic heterocycles. The van der Waals surface area contributed by atoms with Crippen LogP contribution in [-0.4, -0.2) is 23.1 Å². The number of alkyl carbamates (subject to hydrolysis) is 1. The molecule has 110 valence electrons. The Balaban J connectivity index is 3.06. The Kier molecular flexibility index (Phi) is 4.37. The first kappa shape index (κ1) is 15.9. The summed E-state index contributed by atoms with van der Waals surface area (Å²) in [5.41, 5.74) is -2.37. The average Bonchev–Trinajstić information content (AvgIpc) is 2.29. The number of carbonyl (C=O) groups excluding carboxylic acids is 2. The molecule has 0 aliphatic rings. The third kappa shape index (κ3) is 3.94. The molecule has 0 saturated carbocycles. The maximum Gasteiger partial charge on any atom is 0.408 e. The molecule has 6 heteroatoms. The number of aromatic hydroxyl groups is 1. The number of halogens is 1. The minimum atomic E-state index is -1.59. The number of phenols is 1. The summed E-state index contributed by atoms with van der Waals surface area (Å²) in [6, 6.07) is 3.15. The molecule has 2 N–H and O–H groups in total. The van der Waals surface area contributed by atoms with Crippen LogP contribution >= 0.6 is 0 Å². The van der Waals surface area contributed by atoms with Crippen molar-refractivity contribution in [3.63, 3.8) is 0 Å². The number of phenolic OH excluding ortho intramolecular Hbond substituents is 1. The van der Waals surface area contributed by atoms with Gasteiger partial charge in [0.15, 0.2) is 0 Å². The van der Waals surface area contributed by atoms with Gasteiger partial charge in [-0.3, -0.25) is 0 Å². The lowest BCUT2D eigenvalue weighted by molar-refractivity contribution is -0.113. The van der Waals surface area contributed by atoms with Gasteiger partial charge in [-0.1, -0.05) is 0 Å². The minimum Gasteiger partial charge on any atom is -0.508 e. The fourth-order valence-electron chi connectivity index (χ4n) is 1.60. The highest BCUT2D eigenvalue weighted by Gasteiger charge is 2.33. The van der Waals surface area contributed by atoms with Gasteiger partial charge in [0.2, 0.25) is 0 Å². The number of ether oxygens (including phenoxy) is 1. The predicted molar refractivity (Wildman–Crippen MR) is 70.9 cm³/mol. The molecule has 1 amide bonds. The monoisotopic (exact) mass is 283 g/mol. The summed E-state index contributed by atoms with van der Waals surface area (Å²) in [4.78, 5) is 23.0. The van der Waals surface area contributed by atoms with Gasteiger partial charge in [-0.05, 0) is 45.9 Å². The molecule has 0 radical (unpaired) electrons.